The van der Waals surface area contributed by atoms with E-state index in [1.807, 2.05) is 6.92 Å². The highest BCUT2D eigenvalue weighted by Crippen LogP contribution is 2.25. The molecule has 0 heterocycles. The first-order valence-corrected chi connectivity index (χ1v) is 7.43. The molecule has 1 aliphatic carbocycles. The van der Waals surface area contributed by atoms with Gasteiger partial charge in [0.2, 0.25) is 0 Å². The molecule has 1 aliphatic rings. The van der Waals surface area contributed by atoms with Crippen LogP contribution in [-0.2, 0) is 0 Å². The van der Waals surface area contributed by atoms with Crippen LogP contribution in [0.15, 0.2) is 18.2 Å². The molecule has 0 aromatic heterocycles. The minimum absolute atomic E-state index is 0.0835. The van der Waals surface area contributed by atoms with Gasteiger partial charge in [-0.3, -0.25) is 4.79 Å². The van der Waals surface area contributed by atoms with Gasteiger partial charge in [-0.15, -0.1) is 0 Å². The Morgan fingerprint density at radius 1 is 1.45 bits per heavy atom. The quantitative estimate of drug-likeness (QED) is 0.831. The summed E-state index contributed by atoms with van der Waals surface area (Å²) in [6.07, 6.45) is 4.55. The Bertz CT molecular complexity index is 474. The molecular weight excluding hydrogens is 252 g/mol. The van der Waals surface area contributed by atoms with Crippen LogP contribution in [0.25, 0.3) is 0 Å². The summed E-state index contributed by atoms with van der Waals surface area (Å²) < 4.78 is 5.51. The van der Waals surface area contributed by atoms with Gasteiger partial charge in [-0.25, -0.2) is 0 Å². The Balaban J connectivity index is 2.09. The minimum atomic E-state index is -0.0835. The van der Waals surface area contributed by atoms with Gasteiger partial charge in [-0.2, -0.15) is 0 Å². The van der Waals surface area contributed by atoms with E-state index in [9.17, 15) is 4.79 Å². The number of nitrogen functional groups attached to an aromatic ring is 1. The first-order chi connectivity index (χ1) is 9.60. The fraction of sp³-hybridized carbons (Fsp3) is 0.562. The van der Waals surface area contributed by atoms with Gasteiger partial charge in [-0.05, 0) is 43.9 Å². The Morgan fingerprint density at radius 2 is 2.25 bits per heavy atom. The highest BCUT2D eigenvalue weighted by Gasteiger charge is 2.22. The molecular formula is C16H24N2O2. The molecule has 0 saturated heterocycles. The predicted octanol–water partition coefficient (Wildman–Crippen LogP) is 2.98. The summed E-state index contributed by atoms with van der Waals surface area (Å²) in [6.45, 7) is 4.68. The number of amides is 1. The highest BCUT2D eigenvalue weighted by molar-refractivity contribution is 5.98. The predicted molar refractivity (Wildman–Crippen MR) is 80.9 cm³/mol. The molecule has 3 N–H and O–H groups in total. The molecule has 1 aromatic rings. The molecule has 20 heavy (non-hydrogen) atoms. The molecule has 4 nitrogen and oxygen atoms in total. The van der Waals surface area contributed by atoms with Crippen molar-refractivity contribution in [3.05, 3.63) is 23.8 Å². The lowest BCUT2D eigenvalue weighted by Crippen LogP contribution is -2.38. The van der Waals surface area contributed by atoms with Crippen LogP contribution in [0.3, 0.4) is 0 Å². The number of hydrogen-bond acceptors (Lipinski definition) is 3. The second-order valence-corrected chi connectivity index (χ2v) is 5.63. The molecule has 0 radical (unpaired) electrons. The lowest BCUT2D eigenvalue weighted by molar-refractivity contribution is 0.0917. The average Bonchev–Trinajstić information content (AvgIpc) is 2.41. The van der Waals surface area contributed by atoms with Crippen LogP contribution < -0.4 is 15.8 Å². The first kappa shape index (κ1) is 14.7. The fourth-order valence-electron chi connectivity index (χ4n) is 2.83. The number of carbonyl (C=O) groups is 1. The average molecular weight is 276 g/mol. The van der Waals surface area contributed by atoms with E-state index in [4.69, 9.17) is 10.5 Å². The van der Waals surface area contributed by atoms with E-state index < -0.39 is 0 Å². The van der Waals surface area contributed by atoms with E-state index in [0.29, 0.717) is 29.5 Å². The molecule has 2 atom stereocenters. The van der Waals surface area contributed by atoms with E-state index in [0.717, 1.165) is 12.8 Å². The maximum atomic E-state index is 12.4. The monoisotopic (exact) mass is 276 g/mol. The van der Waals surface area contributed by atoms with Gasteiger partial charge in [-0.1, -0.05) is 19.8 Å². The fourth-order valence-corrected chi connectivity index (χ4v) is 2.83. The Hall–Kier alpha value is -1.71. The van der Waals surface area contributed by atoms with Crippen molar-refractivity contribution in [1.82, 2.24) is 5.32 Å². The molecule has 0 unspecified atom stereocenters. The van der Waals surface area contributed by atoms with Gasteiger partial charge in [0.1, 0.15) is 5.75 Å². The molecule has 0 bridgehead atoms. The summed E-state index contributed by atoms with van der Waals surface area (Å²) in [7, 11) is 0. The molecule has 110 valence electrons. The standard InChI is InChI=1S/C16H24N2O2/c1-3-20-15-8-7-12(17)10-14(15)16(19)18-13-6-4-5-11(2)9-13/h7-8,10-11,13H,3-6,9,17H2,1-2H3,(H,18,19)/t11-,13+/m0/s1. The highest BCUT2D eigenvalue weighted by atomic mass is 16.5. The van der Waals surface area contributed by atoms with Gasteiger partial charge < -0.3 is 15.8 Å². The van der Waals surface area contributed by atoms with Crippen molar-refractivity contribution < 1.29 is 9.53 Å². The number of benzene rings is 1. The summed E-state index contributed by atoms with van der Waals surface area (Å²) in [5.74, 6) is 1.20. The van der Waals surface area contributed by atoms with E-state index in [1.54, 1.807) is 18.2 Å². The van der Waals surface area contributed by atoms with Crippen molar-refractivity contribution in [3.63, 3.8) is 0 Å². The largest absolute Gasteiger partial charge is 0.493 e. The zero-order valence-corrected chi connectivity index (χ0v) is 12.3. The van der Waals surface area contributed by atoms with Crippen LogP contribution in [0.1, 0.15) is 49.9 Å². The van der Waals surface area contributed by atoms with Crippen LogP contribution in [0.4, 0.5) is 5.69 Å². The number of anilines is 1. The van der Waals surface area contributed by atoms with E-state index in [-0.39, 0.29) is 11.9 Å². The zero-order chi connectivity index (χ0) is 14.5. The van der Waals surface area contributed by atoms with Crippen molar-refractivity contribution in [2.75, 3.05) is 12.3 Å². The summed E-state index contributed by atoms with van der Waals surface area (Å²) in [4.78, 5) is 12.4. The van der Waals surface area contributed by atoms with Gasteiger partial charge in [0.05, 0.1) is 12.2 Å². The van der Waals surface area contributed by atoms with Crippen molar-refractivity contribution in [3.8, 4) is 5.75 Å². The Labute approximate surface area is 120 Å². The third kappa shape index (κ3) is 3.65. The summed E-state index contributed by atoms with van der Waals surface area (Å²) in [6, 6.07) is 5.47. The topological polar surface area (TPSA) is 64.3 Å². The minimum Gasteiger partial charge on any atom is -0.493 e. The molecule has 2 rings (SSSR count). The Morgan fingerprint density at radius 3 is 2.95 bits per heavy atom. The van der Waals surface area contributed by atoms with Crippen molar-refractivity contribution >= 4 is 11.6 Å². The normalized spacial score (nSPS) is 22.3. The molecule has 0 aliphatic heterocycles. The number of rotatable bonds is 4. The van der Waals surface area contributed by atoms with E-state index in [2.05, 4.69) is 12.2 Å². The molecule has 1 aromatic carbocycles. The van der Waals surface area contributed by atoms with Crippen LogP contribution in [0.5, 0.6) is 5.75 Å². The van der Waals surface area contributed by atoms with Gasteiger partial charge in [0.25, 0.3) is 5.91 Å². The van der Waals surface area contributed by atoms with Crippen LogP contribution in [0, 0.1) is 5.92 Å². The maximum Gasteiger partial charge on any atom is 0.255 e. The van der Waals surface area contributed by atoms with Gasteiger partial charge >= 0.3 is 0 Å². The molecule has 0 spiro atoms. The number of hydrogen-bond donors (Lipinski definition) is 2. The summed E-state index contributed by atoms with van der Waals surface area (Å²) in [5.41, 5.74) is 6.89. The number of nitrogens with one attached hydrogen (secondary N) is 1. The third-order valence-electron chi connectivity index (χ3n) is 3.82. The van der Waals surface area contributed by atoms with E-state index in [1.165, 1.54) is 12.8 Å². The van der Waals surface area contributed by atoms with Gasteiger partial charge in [0.15, 0.2) is 0 Å². The van der Waals surface area contributed by atoms with Crippen molar-refractivity contribution in [2.24, 2.45) is 5.92 Å². The summed E-state index contributed by atoms with van der Waals surface area (Å²) in [5, 5.41) is 3.12. The van der Waals surface area contributed by atoms with E-state index >= 15 is 0 Å². The SMILES string of the molecule is CCOc1ccc(N)cc1C(=O)N[C@@H]1CCC[C@H](C)C1. The summed E-state index contributed by atoms with van der Waals surface area (Å²) >= 11 is 0. The van der Waals surface area contributed by atoms with Crippen molar-refractivity contribution in [1.29, 1.82) is 0 Å². The number of ether oxygens (including phenoxy) is 1. The van der Waals surface area contributed by atoms with Crippen LogP contribution in [0.2, 0.25) is 0 Å². The molecule has 1 fully saturated rings. The molecule has 1 saturated carbocycles. The Kier molecular flexibility index (Phi) is 4.88. The van der Waals surface area contributed by atoms with Crippen molar-refractivity contribution in [2.45, 2.75) is 45.6 Å². The lowest BCUT2D eigenvalue weighted by Gasteiger charge is -2.27. The maximum absolute atomic E-state index is 12.4. The lowest BCUT2D eigenvalue weighted by atomic mass is 9.87. The molecule has 1 amide bonds. The smallest absolute Gasteiger partial charge is 0.255 e. The zero-order valence-electron chi connectivity index (χ0n) is 12.3. The second kappa shape index (κ2) is 6.64. The first-order valence-electron chi connectivity index (χ1n) is 7.43. The molecule has 4 heteroatoms. The second-order valence-electron chi connectivity index (χ2n) is 5.63. The number of carbonyl (C=O) groups excluding carboxylic acids is 1. The third-order valence-corrected chi connectivity index (χ3v) is 3.82. The number of nitrogens with two attached hydrogens (primary N) is 1. The van der Waals surface area contributed by atoms with Gasteiger partial charge in [0, 0.05) is 11.7 Å². The van der Waals surface area contributed by atoms with Crippen LogP contribution in [-0.4, -0.2) is 18.6 Å². The van der Waals surface area contributed by atoms with Crippen LogP contribution >= 0.6 is 0 Å².